The number of carbonyl (C=O) groups is 1. The molecule has 0 aliphatic carbocycles. The minimum Gasteiger partial charge on any atom is -0.462 e. The summed E-state index contributed by atoms with van der Waals surface area (Å²) in [5.74, 6) is -0.315. The van der Waals surface area contributed by atoms with Crippen molar-refractivity contribution in [3.8, 4) is 0 Å². The summed E-state index contributed by atoms with van der Waals surface area (Å²) in [6, 6.07) is 7.28. The van der Waals surface area contributed by atoms with Crippen LogP contribution >= 0.6 is 38.9 Å². The number of ether oxygens (including phenoxy) is 1. The van der Waals surface area contributed by atoms with Crippen LogP contribution in [0.5, 0.6) is 0 Å². The quantitative estimate of drug-likeness (QED) is 0.752. The lowest BCUT2D eigenvalue weighted by molar-refractivity contribution is 0.0526. The first-order chi connectivity index (χ1) is 9.60. The Morgan fingerprint density at radius 1 is 1.45 bits per heavy atom. The summed E-state index contributed by atoms with van der Waals surface area (Å²) in [4.78, 5) is 12.8. The van der Waals surface area contributed by atoms with Crippen molar-refractivity contribution >= 4 is 50.5 Å². The Kier molecular flexibility index (Phi) is 5.46. The van der Waals surface area contributed by atoms with E-state index in [0.29, 0.717) is 18.7 Å². The molecule has 0 bridgehead atoms. The van der Waals surface area contributed by atoms with E-state index in [4.69, 9.17) is 16.3 Å². The molecule has 0 aliphatic rings. The molecule has 1 heterocycles. The van der Waals surface area contributed by atoms with Crippen LogP contribution in [0, 0.1) is 0 Å². The second kappa shape index (κ2) is 7.11. The highest BCUT2D eigenvalue weighted by Crippen LogP contribution is 2.26. The Hall–Kier alpha value is -1.04. The predicted molar refractivity (Wildman–Crippen MR) is 86.8 cm³/mol. The van der Waals surface area contributed by atoms with Gasteiger partial charge in [0.05, 0.1) is 17.2 Å². The zero-order chi connectivity index (χ0) is 14.5. The summed E-state index contributed by atoms with van der Waals surface area (Å²) < 4.78 is 5.79. The maximum Gasteiger partial charge on any atom is 0.338 e. The van der Waals surface area contributed by atoms with E-state index in [1.165, 1.54) is 0 Å². The molecular weight excluding hydrogens is 362 g/mol. The summed E-state index contributed by atoms with van der Waals surface area (Å²) in [6.45, 7) is 2.85. The summed E-state index contributed by atoms with van der Waals surface area (Å²) in [6.07, 6.45) is 0. The molecular formula is C14H13BrClNO2S. The van der Waals surface area contributed by atoms with E-state index in [2.05, 4.69) is 21.2 Å². The van der Waals surface area contributed by atoms with Crippen molar-refractivity contribution in [2.75, 3.05) is 11.9 Å². The van der Waals surface area contributed by atoms with Gasteiger partial charge in [-0.3, -0.25) is 0 Å². The van der Waals surface area contributed by atoms with Gasteiger partial charge in [-0.15, -0.1) is 11.3 Å². The lowest BCUT2D eigenvalue weighted by Gasteiger charge is -2.09. The van der Waals surface area contributed by atoms with Gasteiger partial charge in [-0.05, 0) is 47.1 Å². The van der Waals surface area contributed by atoms with Gasteiger partial charge in [-0.1, -0.05) is 11.6 Å². The molecule has 0 spiro atoms. The minimum atomic E-state index is -0.315. The number of halogens is 2. The van der Waals surface area contributed by atoms with Crippen LogP contribution < -0.4 is 5.32 Å². The van der Waals surface area contributed by atoms with Gasteiger partial charge in [0, 0.05) is 27.0 Å². The molecule has 0 saturated carbocycles. The summed E-state index contributed by atoms with van der Waals surface area (Å²) in [5.41, 5.74) is 1.45. The van der Waals surface area contributed by atoms with Gasteiger partial charge < -0.3 is 10.1 Å². The molecule has 1 aromatic carbocycles. The standard InChI is InChI=1S/C14H13BrClNO2S/c1-2-19-14(18)9-3-4-13(12(15)5-9)17-7-11-6-10(16)8-20-11/h3-6,8,17H,2,7H2,1H3. The van der Waals surface area contributed by atoms with Crippen molar-refractivity contribution in [2.45, 2.75) is 13.5 Å². The normalized spacial score (nSPS) is 10.3. The van der Waals surface area contributed by atoms with Crippen LogP contribution in [0.3, 0.4) is 0 Å². The highest BCUT2D eigenvalue weighted by Gasteiger charge is 2.09. The van der Waals surface area contributed by atoms with E-state index in [9.17, 15) is 4.79 Å². The summed E-state index contributed by atoms with van der Waals surface area (Å²) >= 11 is 10.9. The smallest absolute Gasteiger partial charge is 0.338 e. The maximum atomic E-state index is 11.6. The number of anilines is 1. The van der Waals surface area contributed by atoms with Crippen LogP contribution in [0.25, 0.3) is 0 Å². The van der Waals surface area contributed by atoms with Crippen LogP contribution in [-0.2, 0) is 11.3 Å². The van der Waals surface area contributed by atoms with Gasteiger partial charge in [0.25, 0.3) is 0 Å². The molecule has 0 atom stereocenters. The van der Waals surface area contributed by atoms with E-state index < -0.39 is 0 Å². The van der Waals surface area contributed by atoms with Crippen molar-refractivity contribution in [2.24, 2.45) is 0 Å². The second-order valence-electron chi connectivity index (χ2n) is 4.00. The van der Waals surface area contributed by atoms with E-state index in [1.54, 1.807) is 30.4 Å². The van der Waals surface area contributed by atoms with Gasteiger partial charge in [-0.2, -0.15) is 0 Å². The van der Waals surface area contributed by atoms with Crippen LogP contribution in [0.15, 0.2) is 34.1 Å². The van der Waals surface area contributed by atoms with Gasteiger partial charge in [0.15, 0.2) is 0 Å². The Morgan fingerprint density at radius 3 is 2.85 bits per heavy atom. The van der Waals surface area contributed by atoms with Gasteiger partial charge >= 0.3 is 5.97 Å². The Morgan fingerprint density at radius 2 is 2.25 bits per heavy atom. The number of carbonyl (C=O) groups excluding carboxylic acids is 1. The third kappa shape index (κ3) is 3.98. The fourth-order valence-electron chi connectivity index (χ4n) is 1.63. The molecule has 0 amide bonds. The van der Waals surface area contributed by atoms with Crippen LogP contribution in [0.2, 0.25) is 5.02 Å². The van der Waals surface area contributed by atoms with Crippen LogP contribution in [0.4, 0.5) is 5.69 Å². The van der Waals surface area contributed by atoms with Gasteiger partial charge in [-0.25, -0.2) is 4.79 Å². The van der Waals surface area contributed by atoms with Gasteiger partial charge in [0.1, 0.15) is 0 Å². The van der Waals surface area contributed by atoms with Crippen molar-refractivity contribution in [3.05, 3.63) is 49.6 Å². The number of hydrogen-bond acceptors (Lipinski definition) is 4. The number of thiophene rings is 1. The molecule has 0 radical (unpaired) electrons. The number of nitrogens with one attached hydrogen (secondary N) is 1. The van der Waals surface area contributed by atoms with E-state index >= 15 is 0 Å². The zero-order valence-corrected chi connectivity index (χ0v) is 13.9. The lowest BCUT2D eigenvalue weighted by Crippen LogP contribution is -2.05. The summed E-state index contributed by atoms with van der Waals surface area (Å²) in [7, 11) is 0. The molecule has 1 N–H and O–H groups in total. The monoisotopic (exact) mass is 373 g/mol. The van der Waals surface area contributed by atoms with Gasteiger partial charge in [0.2, 0.25) is 0 Å². The average Bonchev–Trinajstić information content (AvgIpc) is 2.83. The minimum absolute atomic E-state index is 0.315. The molecule has 0 fully saturated rings. The average molecular weight is 375 g/mol. The maximum absolute atomic E-state index is 11.6. The Labute approximate surface area is 135 Å². The highest BCUT2D eigenvalue weighted by atomic mass is 79.9. The topological polar surface area (TPSA) is 38.3 Å². The first-order valence-corrected chi connectivity index (χ1v) is 8.08. The van der Waals surface area contributed by atoms with E-state index in [1.807, 2.05) is 17.5 Å². The van der Waals surface area contributed by atoms with Crippen LogP contribution in [-0.4, -0.2) is 12.6 Å². The SMILES string of the molecule is CCOC(=O)c1ccc(NCc2cc(Cl)cs2)c(Br)c1. The van der Waals surface area contributed by atoms with E-state index in [-0.39, 0.29) is 5.97 Å². The first-order valence-electron chi connectivity index (χ1n) is 6.03. The summed E-state index contributed by atoms with van der Waals surface area (Å²) in [5, 5.41) is 5.95. The van der Waals surface area contributed by atoms with Crippen molar-refractivity contribution in [1.29, 1.82) is 0 Å². The zero-order valence-electron chi connectivity index (χ0n) is 10.8. The van der Waals surface area contributed by atoms with Crippen molar-refractivity contribution in [1.82, 2.24) is 0 Å². The third-order valence-electron chi connectivity index (χ3n) is 2.56. The Bertz CT molecular complexity index is 615. The molecule has 2 rings (SSSR count). The second-order valence-corrected chi connectivity index (χ2v) is 6.29. The molecule has 6 heteroatoms. The molecule has 0 saturated heterocycles. The number of benzene rings is 1. The molecule has 20 heavy (non-hydrogen) atoms. The Balaban J connectivity index is 2.04. The largest absolute Gasteiger partial charge is 0.462 e. The fourth-order valence-corrected chi connectivity index (χ4v) is 3.16. The van der Waals surface area contributed by atoms with Crippen LogP contribution in [0.1, 0.15) is 22.2 Å². The molecule has 106 valence electrons. The molecule has 0 aliphatic heterocycles. The molecule has 1 aromatic heterocycles. The third-order valence-corrected chi connectivity index (χ3v) is 4.50. The molecule has 3 nitrogen and oxygen atoms in total. The molecule has 0 unspecified atom stereocenters. The lowest BCUT2D eigenvalue weighted by atomic mass is 10.2. The van der Waals surface area contributed by atoms with E-state index in [0.717, 1.165) is 20.1 Å². The van der Waals surface area contributed by atoms with Crippen molar-refractivity contribution < 1.29 is 9.53 Å². The number of esters is 1. The molecule has 2 aromatic rings. The number of rotatable bonds is 5. The number of hydrogen-bond donors (Lipinski definition) is 1. The predicted octanol–water partition coefficient (Wildman–Crippen LogP) is 4.95. The highest BCUT2D eigenvalue weighted by molar-refractivity contribution is 9.10. The van der Waals surface area contributed by atoms with Crippen molar-refractivity contribution in [3.63, 3.8) is 0 Å². The first kappa shape index (κ1) is 15.4. The fraction of sp³-hybridized carbons (Fsp3) is 0.214.